The van der Waals surface area contributed by atoms with Gasteiger partial charge in [-0.05, 0) is 68.0 Å². The van der Waals surface area contributed by atoms with E-state index in [1.54, 1.807) is 56.3 Å². The molecule has 31 heavy (non-hydrogen) atoms. The topological polar surface area (TPSA) is 79.9 Å². The zero-order valence-corrected chi connectivity index (χ0v) is 18.7. The molecule has 0 unspecified atom stereocenters. The highest BCUT2D eigenvalue weighted by Gasteiger charge is 2.33. The SMILES string of the molecule is CCOC(=O)C1=C(C)N(C)C(=S)N[C@H]1c1cccc(NC(=O)c2ccc(OC)cc2)c1. The first-order valence-corrected chi connectivity index (χ1v) is 10.2. The van der Waals surface area contributed by atoms with Crippen molar-refractivity contribution >= 4 is 34.9 Å². The lowest BCUT2D eigenvalue weighted by atomic mass is 9.95. The molecule has 0 bridgehead atoms. The monoisotopic (exact) mass is 439 g/mol. The van der Waals surface area contributed by atoms with E-state index in [0.29, 0.717) is 27.7 Å². The van der Waals surface area contributed by atoms with Crippen LogP contribution in [0.5, 0.6) is 5.75 Å². The van der Waals surface area contributed by atoms with Crippen LogP contribution in [0.2, 0.25) is 0 Å². The molecule has 2 aromatic carbocycles. The highest BCUT2D eigenvalue weighted by atomic mass is 32.1. The van der Waals surface area contributed by atoms with Crippen molar-refractivity contribution in [2.75, 3.05) is 26.1 Å². The lowest BCUT2D eigenvalue weighted by Gasteiger charge is -2.35. The average molecular weight is 440 g/mol. The third-order valence-corrected chi connectivity index (χ3v) is 5.47. The Morgan fingerprint density at radius 1 is 1.19 bits per heavy atom. The van der Waals surface area contributed by atoms with Crippen molar-refractivity contribution in [1.82, 2.24) is 10.2 Å². The van der Waals surface area contributed by atoms with Crippen LogP contribution in [0.1, 0.15) is 35.8 Å². The van der Waals surface area contributed by atoms with Gasteiger partial charge < -0.3 is 25.0 Å². The summed E-state index contributed by atoms with van der Waals surface area (Å²) in [5.41, 5.74) is 3.10. The van der Waals surface area contributed by atoms with E-state index in [9.17, 15) is 9.59 Å². The second-order valence-electron chi connectivity index (χ2n) is 6.97. The fraction of sp³-hybridized carbons (Fsp3) is 0.261. The molecule has 2 aromatic rings. The largest absolute Gasteiger partial charge is 0.497 e. The van der Waals surface area contributed by atoms with Crippen molar-refractivity contribution in [3.63, 3.8) is 0 Å². The number of carbonyl (C=O) groups is 2. The number of nitrogens with one attached hydrogen (secondary N) is 2. The maximum atomic E-state index is 12.7. The van der Waals surface area contributed by atoms with Crippen molar-refractivity contribution in [2.45, 2.75) is 19.9 Å². The minimum Gasteiger partial charge on any atom is -0.497 e. The van der Waals surface area contributed by atoms with Gasteiger partial charge in [0.05, 0.1) is 25.3 Å². The van der Waals surface area contributed by atoms with Crippen LogP contribution >= 0.6 is 12.2 Å². The number of hydrogen-bond acceptors (Lipinski definition) is 5. The van der Waals surface area contributed by atoms with E-state index in [0.717, 1.165) is 11.3 Å². The van der Waals surface area contributed by atoms with Gasteiger partial charge in [-0.3, -0.25) is 4.79 Å². The van der Waals surface area contributed by atoms with Crippen molar-refractivity contribution < 1.29 is 19.1 Å². The summed E-state index contributed by atoms with van der Waals surface area (Å²) >= 11 is 5.42. The highest BCUT2D eigenvalue weighted by Crippen LogP contribution is 2.32. The molecular formula is C23H25N3O4S. The van der Waals surface area contributed by atoms with E-state index in [4.69, 9.17) is 21.7 Å². The second kappa shape index (κ2) is 9.61. The van der Waals surface area contributed by atoms with E-state index in [-0.39, 0.29) is 12.5 Å². The Balaban J connectivity index is 1.89. The number of carbonyl (C=O) groups excluding carboxylic acids is 2. The molecule has 162 valence electrons. The fourth-order valence-corrected chi connectivity index (χ4v) is 3.56. The zero-order valence-electron chi connectivity index (χ0n) is 17.9. The maximum absolute atomic E-state index is 12.7. The van der Waals surface area contributed by atoms with Crippen LogP contribution in [-0.2, 0) is 9.53 Å². The van der Waals surface area contributed by atoms with Crippen LogP contribution in [0.3, 0.4) is 0 Å². The van der Waals surface area contributed by atoms with Crippen LogP contribution in [0.4, 0.5) is 5.69 Å². The molecule has 1 amide bonds. The summed E-state index contributed by atoms with van der Waals surface area (Å²) in [6.07, 6.45) is 0. The van der Waals surface area contributed by atoms with Gasteiger partial charge in [0, 0.05) is 24.0 Å². The highest BCUT2D eigenvalue weighted by molar-refractivity contribution is 7.80. The van der Waals surface area contributed by atoms with Crippen LogP contribution < -0.4 is 15.4 Å². The number of anilines is 1. The number of allylic oxidation sites excluding steroid dienone is 1. The third kappa shape index (κ3) is 4.86. The van der Waals surface area contributed by atoms with Gasteiger partial charge in [0.15, 0.2) is 5.11 Å². The molecule has 0 fully saturated rings. The molecule has 8 heteroatoms. The minimum absolute atomic E-state index is 0.246. The molecule has 0 saturated carbocycles. The minimum atomic E-state index is -0.486. The van der Waals surface area contributed by atoms with Crippen LogP contribution in [0.15, 0.2) is 59.8 Å². The van der Waals surface area contributed by atoms with Gasteiger partial charge in [-0.15, -0.1) is 0 Å². The summed E-state index contributed by atoms with van der Waals surface area (Å²) in [4.78, 5) is 27.0. The summed E-state index contributed by atoms with van der Waals surface area (Å²) < 4.78 is 10.4. The van der Waals surface area contributed by atoms with E-state index in [1.807, 2.05) is 25.1 Å². The quantitative estimate of drug-likeness (QED) is 0.525. The Bertz CT molecular complexity index is 1030. The number of hydrogen-bond donors (Lipinski definition) is 2. The van der Waals surface area contributed by atoms with Crippen LogP contribution in [-0.4, -0.2) is 42.7 Å². The van der Waals surface area contributed by atoms with Gasteiger partial charge in [0.2, 0.25) is 0 Å². The van der Waals surface area contributed by atoms with E-state index in [1.165, 1.54) is 0 Å². The molecule has 0 saturated heterocycles. The standard InChI is InChI=1S/C23H25N3O4S/c1-5-30-22(28)19-14(2)26(3)23(31)25-20(19)16-7-6-8-17(13-16)24-21(27)15-9-11-18(29-4)12-10-15/h6-13,20H,5H2,1-4H3,(H,24,27)(H,25,31)/t20-/m0/s1. The van der Waals surface area contributed by atoms with Crippen molar-refractivity contribution in [3.8, 4) is 5.75 Å². The number of benzene rings is 2. The summed E-state index contributed by atoms with van der Waals surface area (Å²) in [5.74, 6) is 0.0278. The third-order valence-electron chi connectivity index (χ3n) is 5.08. The summed E-state index contributed by atoms with van der Waals surface area (Å²) in [5, 5.41) is 6.59. The first-order valence-electron chi connectivity index (χ1n) is 9.83. The first kappa shape index (κ1) is 22.3. The van der Waals surface area contributed by atoms with E-state index < -0.39 is 12.0 Å². The first-order chi connectivity index (χ1) is 14.8. The molecule has 0 spiro atoms. The number of ether oxygens (including phenoxy) is 2. The molecule has 2 N–H and O–H groups in total. The smallest absolute Gasteiger partial charge is 0.338 e. The van der Waals surface area contributed by atoms with Crippen molar-refractivity contribution in [1.29, 1.82) is 0 Å². The molecular weight excluding hydrogens is 414 g/mol. The molecule has 0 aromatic heterocycles. The second-order valence-corrected chi connectivity index (χ2v) is 7.36. The Morgan fingerprint density at radius 2 is 1.90 bits per heavy atom. The molecule has 3 rings (SSSR count). The molecule has 1 aliphatic heterocycles. The number of esters is 1. The van der Waals surface area contributed by atoms with E-state index >= 15 is 0 Å². The summed E-state index contributed by atoms with van der Waals surface area (Å²) in [6, 6.07) is 13.7. The lowest BCUT2D eigenvalue weighted by Crippen LogP contribution is -2.46. The number of nitrogens with zero attached hydrogens (tertiary/aromatic N) is 1. The van der Waals surface area contributed by atoms with Gasteiger partial charge in [-0.2, -0.15) is 0 Å². The summed E-state index contributed by atoms with van der Waals surface area (Å²) in [6.45, 7) is 3.87. The Morgan fingerprint density at radius 3 is 2.55 bits per heavy atom. The molecule has 7 nitrogen and oxygen atoms in total. The Kier molecular flexibility index (Phi) is 6.91. The number of methoxy groups -OCH3 is 1. The Labute approximate surface area is 187 Å². The summed E-state index contributed by atoms with van der Waals surface area (Å²) in [7, 11) is 3.37. The van der Waals surface area contributed by atoms with Gasteiger partial charge in [0.25, 0.3) is 5.91 Å². The molecule has 1 heterocycles. The molecule has 1 aliphatic rings. The molecule has 0 radical (unpaired) electrons. The predicted molar refractivity (Wildman–Crippen MR) is 123 cm³/mol. The van der Waals surface area contributed by atoms with Crippen LogP contribution in [0, 0.1) is 0 Å². The number of amides is 1. The van der Waals surface area contributed by atoms with Gasteiger partial charge in [0.1, 0.15) is 5.75 Å². The molecule has 1 atom stereocenters. The van der Waals surface area contributed by atoms with Gasteiger partial charge in [-0.1, -0.05) is 12.1 Å². The average Bonchev–Trinajstić information content (AvgIpc) is 2.77. The maximum Gasteiger partial charge on any atom is 0.338 e. The van der Waals surface area contributed by atoms with Crippen molar-refractivity contribution in [2.24, 2.45) is 0 Å². The Hall–Kier alpha value is -3.39. The van der Waals surface area contributed by atoms with Gasteiger partial charge >= 0.3 is 5.97 Å². The van der Waals surface area contributed by atoms with Crippen molar-refractivity contribution in [3.05, 3.63) is 70.9 Å². The van der Waals surface area contributed by atoms with Crippen LogP contribution in [0.25, 0.3) is 0 Å². The number of thiocarbonyl (C=S) groups is 1. The van der Waals surface area contributed by atoms with Gasteiger partial charge in [-0.25, -0.2) is 4.79 Å². The predicted octanol–water partition coefficient (Wildman–Crippen LogP) is 3.65. The lowest BCUT2D eigenvalue weighted by molar-refractivity contribution is -0.139. The fourth-order valence-electron chi connectivity index (χ4n) is 3.30. The zero-order chi connectivity index (χ0) is 22.5. The normalized spacial score (nSPS) is 15.9. The van der Waals surface area contributed by atoms with E-state index in [2.05, 4.69) is 10.6 Å². The molecule has 0 aliphatic carbocycles. The number of rotatable bonds is 6.